The quantitative estimate of drug-likeness (QED) is 0.688. The monoisotopic (exact) mass is 304 g/mol. The third-order valence-electron chi connectivity index (χ3n) is 3.97. The molecular weight excluding hydrogens is 280 g/mol. The van der Waals surface area contributed by atoms with Gasteiger partial charge in [-0.05, 0) is 37.5 Å². The number of benzene rings is 1. The highest BCUT2D eigenvalue weighted by atomic mass is 16.2. The molecule has 2 rings (SSSR count). The molecule has 1 saturated carbocycles. The van der Waals surface area contributed by atoms with Crippen molar-refractivity contribution in [3.63, 3.8) is 0 Å². The third kappa shape index (κ3) is 4.95. The average molecular weight is 304 g/mol. The van der Waals surface area contributed by atoms with E-state index in [9.17, 15) is 9.59 Å². The van der Waals surface area contributed by atoms with E-state index in [1.165, 1.54) is 19.3 Å². The zero-order valence-corrected chi connectivity index (χ0v) is 12.9. The number of hydrogen-bond donors (Lipinski definition) is 4. The molecule has 0 aromatic heterocycles. The molecule has 0 spiro atoms. The summed E-state index contributed by atoms with van der Waals surface area (Å²) in [6.45, 7) is 1.93. The van der Waals surface area contributed by atoms with Gasteiger partial charge in [-0.15, -0.1) is 0 Å². The van der Waals surface area contributed by atoms with Crippen molar-refractivity contribution >= 4 is 17.7 Å². The zero-order chi connectivity index (χ0) is 15.9. The molecule has 120 valence electrons. The lowest BCUT2D eigenvalue weighted by atomic mass is 9.96. The standard InChI is InChI=1S/C16H24N4O2/c1-11(12-7-9-14(10-8-12)19-15(17)21)18-16(22)20-13-5-3-2-4-6-13/h7-11,13H,2-6H2,1H3,(H3,17,19,21)(H2,18,20,22)/t11-/m1/s1. The van der Waals surface area contributed by atoms with Crippen LogP contribution >= 0.6 is 0 Å². The molecule has 5 N–H and O–H groups in total. The molecular formula is C16H24N4O2. The van der Waals surface area contributed by atoms with Crippen molar-refractivity contribution in [1.82, 2.24) is 10.6 Å². The van der Waals surface area contributed by atoms with Crippen molar-refractivity contribution in [2.45, 2.75) is 51.1 Å². The Balaban J connectivity index is 1.83. The van der Waals surface area contributed by atoms with E-state index in [1.54, 1.807) is 12.1 Å². The van der Waals surface area contributed by atoms with E-state index in [4.69, 9.17) is 5.73 Å². The molecule has 0 aliphatic heterocycles. The van der Waals surface area contributed by atoms with Gasteiger partial charge in [0.1, 0.15) is 0 Å². The fourth-order valence-electron chi connectivity index (χ4n) is 2.75. The van der Waals surface area contributed by atoms with Gasteiger partial charge in [0, 0.05) is 11.7 Å². The van der Waals surface area contributed by atoms with Crippen molar-refractivity contribution in [1.29, 1.82) is 0 Å². The van der Waals surface area contributed by atoms with Crippen molar-refractivity contribution in [3.8, 4) is 0 Å². The molecule has 1 aliphatic rings. The van der Waals surface area contributed by atoms with Crippen molar-refractivity contribution in [3.05, 3.63) is 29.8 Å². The van der Waals surface area contributed by atoms with Crippen LogP contribution in [0.1, 0.15) is 50.6 Å². The first-order valence-corrected chi connectivity index (χ1v) is 7.78. The van der Waals surface area contributed by atoms with Crippen LogP contribution < -0.4 is 21.7 Å². The predicted octanol–water partition coefficient (Wildman–Crippen LogP) is 2.87. The molecule has 0 unspecified atom stereocenters. The number of primary amides is 1. The first-order valence-electron chi connectivity index (χ1n) is 7.78. The van der Waals surface area contributed by atoms with Crippen LogP contribution in [0.4, 0.5) is 15.3 Å². The number of nitrogens with two attached hydrogens (primary N) is 1. The van der Waals surface area contributed by atoms with Crippen LogP contribution in [-0.4, -0.2) is 18.1 Å². The molecule has 1 fully saturated rings. The second kappa shape index (κ2) is 7.68. The molecule has 6 heteroatoms. The summed E-state index contributed by atoms with van der Waals surface area (Å²) in [4.78, 5) is 22.8. The SMILES string of the molecule is C[C@@H](NC(=O)NC1CCCCC1)c1ccc(NC(N)=O)cc1. The number of nitrogens with one attached hydrogen (secondary N) is 3. The van der Waals surface area contributed by atoms with Crippen molar-refractivity contribution in [2.24, 2.45) is 5.73 Å². The third-order valence-corrected chi connectivity index (χ3v) is 3.97. The second-order valence-corrected chi connectivity index (χ2v) is 5.79. The van der Waals surface area contributed by atoms with Crippen molar-refractivity contribution in [2.75, 3.05) is 5.32 Å². The van der Waals surface area contributed by atoms with Gasteiger partial charge in [0.2, 0.25) is 0 Å². The summed E-state index contributed by atoms with van der Waals surface area (Å²) in [7, 11) is 0. The normalized spacial score (nSPS) is 16.6. The topological polar surface area (TPSA) is 96.2 Å². The van der Waals surface area contributed by atoms with Crippen LogP contribution in [0, 0.1) is 0 Å². The van der Waals surface area contributed by atoms with Gasteiger partial charge in [-0.2, -0.15) is 0 Å². The van der Waals surface area contributed by atoms with Gasteiger partial charge in [-0.25, -0.2) is 9.59 Å². The molecule has 1 aromatic carbocycles. The fourth-order valence-corrected chi connectivity index (χ4v) is 2.75. The number of anilines is 1. The van der Waals surface area contributed by atoms with Gasteiger partial charge < -0.3 is 21.7 Å². The average Bonchev–Trinajstić information content (AvgIpc) is 2.48. The first kappa shape index (κ1) is 16.1. The molecule has 0 radical (unpaired) electrons. The van der Waals surface area contributed by atoms with Gasteiger partial charge in [0.15, 0.2) is 0 Å². The smallest absolute Gasteiger partial charge is 0.316 e. The number of amides is 4. The summed E-state index contributed by atoms with van der Waals surface area (Å²) in [5.74, 6) is 0. The lowest BCUT2D eigenvalue weighted by Crippen LogP contribution is -2.43. The Morgan fingerprint density at radius 2 is 1.77 bits per heavy atom. The Morgan fingerprint density at radius 1 is 1.14 bits per heavy atom. The van der Waals surface area contributed by atoms with Crippen LogP contribution in [-0.2, 0) is 0 Å². The summed E-state index contributed by atoms with van der Waals surface area (Å²) in [6.07, 6.45) is 5.77. The molecule has 6 nitrogen and oxygen atoms in total. The molecule has 0 heterocycles. The Labute approximate surface area is 130 Å². The second-order valence-electron chi connectivity index (χ2n) is 5.79. The van der Waals surface area contributed by atoms with E-state index >= 15 is 0 Å². The summed E-state index contributed by atoms with van der Waals surface area (Å²) in [5.41, 5.74) is 6.66. The first-order chi connectivity index (χ1) is 10.5. The molecule has 4 amide bonds. The number of hydrogen-bond acceptors (Lipinski definition) is 2. The summed E-state index contributed by atoms with van der Waals surface area (Å²) in [6, 6.07) is 6.71. The van der Waals surface area contributed by atoms with Gasteiger partial charge in [-0.3, -0.25) is 0 Å². The van der Waals surface area contributed by atoms with E-state index < -0.39 is 6.03 Å². The maximum absolute atomic E-state index is 12.0. The minimum atomic E-state index is -0.592. The molecule has 22 heavy (non-hydrogen) atoms. The molecule has 0 bridgehead atoms. The highest BCUT2D eigenvalue weighted by molar-refractivity contribution is 5.87. The Morgan fingerprint density at radius 3 is 2.36 bits per heavy atom. The minimum Gasteiger partial charge on any atom is -0.351 e. The van der Waals surface area contributed by atoms with Crippen LogP contribution in [0.15, 0.2) is 24.3 Å². The zero-order valence-electron chi connectivity index (χ0n) is 12.9. The number of urea groups is 2. The van der Waals surface area contributed by atoms with Crippen molar-refractivity contribution < 1.29 is 9.59 Å². The Bertz CT molecular complexity index is 509. The maximum Gasteiger partial charge on any atom is 0.316 e. The Hall–Kier alpha value is -2.24. The fraction of sp³-hybridized carbons (Fsp3) is 0.500. The lowest BCUT2D eigenvalue weighted by Gasteiger charge is -2.24. The highest BCUT2D eigenvalue weighted by Gasteiger charge is 2.17. The molecule has 1 aromatic rings. The van der Waals surface area contributed by atoms with Crippen LogP contribution in [0.3, 0.4) is 0 Å². The number of carbonyl (C=O) groups is 2. The van der Waals surface area contributed by atoms with Gasteiger partial charge in [0.05, 0.1) is 6.04 Å². The van der Waals surface area contributed by atoms with E-state index in [-0.39, 0.29) is 12.1 Å². The molecule has 1 aliphatic carbocycles. The number of carbonyl (C=O) groups excluding carboxylic acids is 2. The largest absolute Gasteiger partial charge is 0.351 e. The summed E-state index contributed by atoms with van der Waals surface area (Å²) in [5, 5.41) is 8.48. The number of rotatable bonds is 4. The van der Waals surface area contributed by atoms with Crippen LogP contribution in [0.5, 0.6) is 0 Å². The molecule has 1 atom stereocenters. The van der Waals surface area contributed by atoms with Crippen LogP contribution in [0.25, 0.3) is 0 Å². The summed E-state index contributed by atoms with van der Waals surface area (Å²) < 4.78 is 0. The van der Waals surface area contributed by atoms with Gasteiger partial charge in [0.25, 0.3) is 0 Å². The molecule has 0 saturated heterocycles. The Kier molecular flexibility index (Phi) is 5.63. The maximum atomic E-state index is 12.0. The highest BCUT2D eigenvalue weighted by Crippen LogP contribution is 2.18. The van der Waals surface area contributed by atoms with E-state index in [2.05, 4.69) is 16.0 Å². The lowest BCUT2D eigenvalue weighted by molar-refractivity contribution is 0.229. The van der Waals surface area contributed by atoms with E-state index in [0.29, 0.717) is 11.7 Å². The van der Waals surface area contributed by atoms with Gasteiger partial charge >= 0.3 is 12.1 Å². The van der Waals surface area contributed by atoms with E-state index in [0.717, 1.165) is 18.4 Å². The minimum absolute atomic E-state index is 0.105. The summed E-state index contributed by atoms with van der Waals surface area (Å²) >= 11 is 0. The predicted molar refractivity (Wildman–Crippen MR) is 86.6 cm³/mol. The van der Waals surface area contributed by atoms with Crippen LogP contribution in [0.2, 0.25) is 0 Å². The van der Waals surface area contributed by atoms with E-state index in [1.807, 2.05) is 19.1 Å². The van der Waals surface area contributed by atoms with Gasteiger partial charge in [-0.1, -0.05) is 31.4 Å².